The SMILES string of the molecule is Cc1cccc(-c2nnc(CCl)n2CC(C)C)c1[N+](=O)[O-]. The third kappa shape index (κ3) is 3.05. The fourth-order valence-corrected chi connectivity index (χ4v) is 2.47. The first-order chi connectivity index (χ1) is 9.95. The summed E-state index contributed by atoms with van der Waals surface area (Å²) >= 11 is 5.89. The van der Waals surface area contributed by atoms with Crippen LogP contribution in [0.2, 0.25) is 0 Å². The summed E-state index contributed by atoms with van der Waals surface area (Å²) in [6, 6.07) is 5.20. The van der Waals surface area contributed by atoms with E-state index in [9.17, 15) is 10.1 Å². The summed E-state index contributed by atoms with van der Waals surface area (Å²) in [4.78, 5) is 11.0. The van der Waals surface area contributed by atoms with Crippen molar-refractivity contribution in [3.05, 3.63) is 39.7 Å². The van der Waals surface area contributed by atoms with Crippen molar-refractivity contribution < 1.29 is 4.92 Å². The van der Waals surface area contributed by atoms with Gasteiger partial charge >= 0.3 is 0 Å². The van der Waals surface area contributed by atoms with E-state index in [2.05, 4.69) is 24.0 Å². The summed E-state index contributed by atoms with van der Waals surface area (Å²) in [6.07, 6.45) is 0. The van der Waals surface area contributed by atoms with Gasteiger partial charge in [0, 0.05) is 12.1 Å². The summed E-state index contributed by atoms with van der Waals surface area (Å²) < 4.78 is 1.86. The first kappa shape index (κ1) is 15.4. The largest absolute Gasteiger partial charge is 0.310 e. The molecule has 21 heavy (non-hydrogen) atoms. The lowest BCUT2D eigenvalue weighted by atomic mass is 10.1. The maximum Gasteiger partial charge on any atom is 0.283 e. The zero-order valence-electron chi connectivity index (χ0n) is 12.2. The lowest BCUT2D eigenvalue weighted by molar-refractivity contribution is -0.384. The van der Waals surface area contributed by atoms with Gasteiger partial charge in [-0.25, -0.2) is 0 Å². The number of benzene rings is 1. The second kappa shape index (κ2) is 6.22. The Morgan fingerprint density at radius 1 is 1.38 bits per heavy atom. The van der Waals surface area contributed by atoms with E-state index in [1.807, 2.05) is 4.57 Å². The number of aryl methyl sites for hydroxylation is 1. The fourth-order valence-electron chi connectivity index (χ4n) is 2.27. The molecule has 0 amide bonds. The van der Waals surface area contributed by atoms with E-state index in [-0.39, 0.29) is 16.5 Å². The van der Waals surface area contributed by atoms with E-state index >= 15 is 0 Å². The smallest absolute Gasteiger partial charge is 0.283 e. The van der Waals surface area contributed by atoms with E-state index < -0.39 is 0 Å². The number of rotatable bonds is 5. The molecule has 2 aromatic rings. The summed E-state index contributed by atoms with van der Waals surface area (Å²) in [5.41, 5.74) is 1.14. The van der Waals surface area contributed by atoms with Gasteiger partial charge in [-0.05, 0) is 18.9 Å². The Morgan fingerprint density at radius 3 is 2.67 bits per heavy atom. The number of hydrogen-bond donors (Lipinski definition) is 0. The molecule has 0 spiro atoms. The van der Waals surface area contributed by atoms with Gasteiger partial charge in [0.15, 0.2) is 5.82 Å². The van der Waals surface area contributed by atoms with Crippen molar-refractivity contribution in [2.45, 2.75) is 33.2 Å². The van der Waals surface area contributed by atoms with Crippen LogP contribution in [0.4, 0.5) is 5.69 Å². The van der Waals surface area contributed by atoms with Crippen LogP contribution >= 0.6 is 11.6 Å². The summed E-state index contributed by atoms with van der Waals surface area (Å²) in [5.74, 6) is 1.69. The fraction of sp³-hybridized carbons (Fsp3) is 0.429. The molecule has 0 fully saturated rings. The van der Waals surface area contributed by atoms with Crippen LogP contribution in [0.1, 0.15) is 25.2 Å². The zero-order valence-corrected chi connectivity index (χ0v) is 13.0. The average molecular weight is 309 g/mol. The van der Waals surface area contributed by atoms with Crippen molar-refractivity contribution in [1.82, 2.24) is 14.8 Å². The highest BCUT2D eigenvalue weighted by atomic mass is 35.5. The number of halogens is 1. The summed E-state index contributed by atoms with van der Waals surface area (Å²) in [6.45, 7) is 6.50. The minimum absolute atomic E-state index is 0.0658. The molecular formula is C14H17ClN4O2. The van der Waals surface area contributed by atoms with Gasteiger partial charge < -0.3 is 4.57 Å². The summed E-state index contributed by atoms with van der Waals surface area (Å²) in [7, 11) is 0. The second-order valence-electron chi connectivity index (χ2n) is 5.31. The van der Waals surface area contributed by atoms with Gasteiger partial charge in [-0.15, -0.1) is 21.8 Å². The highest BCUT2D eigenvalue weighted by molar-refractivity contribution is 6.16. The molecule has 1 heterocycles. The van der Waals surface area contributed by atoms with Gasteiger partial charge in [0.25, 0.3) is 5.69 Å². The number of para-hydroxylation sites is 1. The topological polar surface area (TPSA) is 73.8 Å². The number of nitrogens with zero attached hydrogens (tertiary/aromatic N) is 4. The molecule has 1 aromatic heterocycles. The Labute approximate surface area is 127 Å². The molecule has 0 aliphatic rings. The third-order valence-electron chi connectivity index (χ3n) is 3.16. The van der Waals surface area contributed by atoms with E-state index in [0.717, 1.165) is 0 Å². The second-order valence-corrected chi connectivity index (χ2v) is 5.57. The predicted molar refractivity (Wildman–Crippen MR) is 81.2 cm³/mol. The number of nitro groups is 1. The van der Waals surface area contributed by atoms with Crippen molar-refractivity contribution in [3.63, 3.8) is 0 Å². The molecule has 2 rings (SSSR count). The molecule has 0 N–H and O–H groups in total. The molecule has 0 aliphatic heterocycles. The van der Waals surface area contributed by atoms with E-state index in [1.54, 1.807) is 25.1 Å². The first-order valence-electron chi connectivity index (χ1n) is 6.68. The molecule has 0 unspecified atom stereocenters. The molecule has 112 valence electrons. The zero-order chi connectivity index (χ0) is 15.6. The van der Waals surface area contributed by atoms with Crippen LogP contribution in [-0.4, -0.2) is 19.7 Å². The predicted octanol–water partition coefficient (Wildman–Crippen LogP) is 3.56. The molecule has 0 bridgehead atoms. The molecule has 0 radical (unpaired) electrons. The number of aromatic nitrogens is 3. The third-order valence-corrected chi connectivity index (χ3v) is 3.39. The molecular weight excluding hydrogens is 292 g/mol. The Morgan fingerprint density at radius 2 is 2.10 bits per heavy atom. The number of alkyl halides is 1. The van der Waals surface area contributed by atoms with Crippen LogP contribution < -0.4 is 0 Å². The Kier molecular flexibility index (Phi) is 4.57. The Hall–Kier alpha value is -1.95. The van der Waals surface area contributed by atoms with Gasteiger partial charge in [0.05, 0.1) is 16.4 Å². The molecule has 1 aromatic carbocycles. The first-order valence-corrected chi connectivity index (χ1v) is 7.21. The molecule has 0 saturated carbocycles. The van der Waals surface area contributed by atoms with Crippen LogP contribution in [0.25, 0.3) is 11.4 Å². The van der Waals surface area contributed by atoms with Crippen molar-refractivity contribution in [2.24, 2.45) is 5.92 Å². The van der Waals surface area contributed by atoms with Crippen molar-refractivity contribution in [3.8, 4) is 11.4 Å². The quantitative estimate of drug-likeness (QED) is 0.481. The lowest BCUT2D eigenvalue weighted by Crippen LogP contribution is -2.10. The maximum absolute atomic E-state index is 11.3. The van der Waals surface area contributed by atoms with Crippen molar-refractivity contribution in [2.75, 3.05) is 0 Å². The van der Waals surface area contributed by atoms with Crippen LogP contribution in [0, 0.1) is 23.0 Å². The monoisotopic (exact) mass is 308 g/mol. The molecule has 6 nitrogen and oxygen atoms in total. The summed E-state index contributed by atoms with van der Waals surface area (Å²) in [5, 5.41) is 19.5. The lowest BCUT2D eigenvalue weighted by Gasteiger charge is -2.12. The molecule has 7 heteroatoms. The van der Waals surface area contributed by atoms with Gasteiger partial charge in [-0.3, -0.25) is 10.1 Å². The van der Waals surface area contributed by atoms with Gasteiger partial charge in [-0.2, -0.15) is 0 Å². The van der Waals surface area contributed by atoms with Crippen LogP contribution in [0.3, 0.4) is 0 Å². The standard InChI is InChI=1S/C14H17ClN4O2/c1-9(2)8-18-12(7-15)16-17-14(18)11-6-4-5-10(3)13(11)19(20)21/h4-6,9H,7-8H2,1-3H3. The normalized spacial score (nSPS) is 11.1. The maximum atomic E-state index is 11.3. The minimum Gasteiger partial charge on any atom is -0.310 e. The molecule has 0 aliphatic carbocycles. The van der Waals surface area contributed by atoms with E-state index in [1.165, 1.54) is 0 Å². The van der Waals surface area contributed by atoms with Crippen LogP contribution in [-0.2, 0) is 12.4 Å². The van der Waals surface area contributed by atoms with Gasteiger partial charge in [0.2, 0.25) is 0 Å². The van der Waals surface area contributed by atoms with Crippen LogP contribution in [0.5, 0.6) is 0 Å². The highest BCUT2D eigenvalue weighted by Crippen LogP contribution is 2.32. The average Bonchev–Trinajstić information content (AvgIpc) is 2.79. The Balaban J connectivity index is 2.65. The number of hydrogen-bond acceptors (Lipinski definition) is 4. The van der Waals surface area contributed by atoms with Crippen molar-refractivity contribution in [1.29, 1.82) is 0 Å². The minimum atomic E-state index is -0.376. The van der Waals surface area contributed by atoms with E-state index in [0.29, 0.717) is 35.2 Å². The van der Waals surface area contributed by atoms with Crippen molar-refractivity contribution >= 4 is 17.3 Å². The molecule has 0 saturated heterocycles. The number of nitro benzene ring substituents is 1. The van der Waals surface area contributed by atoms with Gasteiger partial charge in [0.1, 0.15) is 5.82 Å². The van der Waals surface area contributed by atoms with E-state index in [4.69, 9.17) is 11.6 Å². The van der Waals surface area contributed by atoms with Gasteiger partial charge in [-0.1, -0.05) is 26.0 Å². The highest BCUT2D eigenvalue weighted by Gasteiger charge is 2.24. The van der Waals surface area contributed by atoms with Crippen LogP contribution in [0.15, 0.2) is 18.2 Å². The molecule has 0 atom stereocenters. The Bertz CT molecular complexity index is 667.